The van der Waals surface area contributed by atoms with Crippen LogP contribution in [0.3, 0.4) is 0 Å². The quantitative estimate of drug-likeness (QED) is 0.265. The molecule has 0 fully saturated rings. The fourth-order valence-electron chi connectivity index (χ4n) is 4.06. The van der Waals surface area contributed by atoms with Gasteiger partial charge in [0, 0.05) is 7.05 Å². The minimum atomic E-state index is -1.21. The van der Waals surface area contributed by atoms with Gasteiger partial charge in [-0.25, -0.2) is 19.2 Å². The van der Waals surface area contributed by atoms with Crippen LogP contribution in [-0.4, -0.2) is 64.9 Å². The molecule has 0 heterocycles. The summed E-state index contributed by atoms with van der Waals surface area (Å²) in [4.78, 5) is 51.7. The van der Waals surface area contributed by atoms with E-state index in [1.807, 2.05) is 55.5 Å². The average molecular weight is 586 g/mol. The molecular weight excluding hydrogens is 542 g/mol. The summed E-state index contributed by atoms with van der Waals surface area (Å²) in [7, 11) is 1.46. The number of carbonyl (C=O) groups excluding carboxylic acids is 4. The van der Waals surface area contributed by atoms with Gasteiger partial charge in [-0.15, -0.1) is 0 Å². The summed E-state index contributed by atoms with van der Waals surface area (Å²) in [5.74, 6) is -2.55. The number of esters is 3. The number of amides is 1. The molecule has 0 saturated heterocycles. The average Bonchev–Trinajstić information content (AvgIpc) is 2.93. The summed E-state index contributed by atoms with van der Waals surface area (Å²) in [5, 5.41) is 9.33. The van der Waals surface area contributed by atoms with Crippen molar-refractivity contribution in [1.29, 1.82) is 0 Å². The van der Waals surface area contributed by atoms with E-state index in [-0.39, 0.29) is 19.1 Å². The number of aryl methyl sites for hydroxylation is 1. The van der Waals surface area contributed by atoms with Crippen LogP contribution in [0.4, 0.5) is 4.79 Å². The van der Waals surface area contributed by atoms with Crippen LogP contribution in [0, 0.1) is 5.92 Å². The van der Waals surface area contributed by atoms with Crippen molar-refractivity contribution in [2.45, 2.75) is 91.4 Å². The van der Waals surface area contributed by atoms with E-state index in [9.17, 15) is 24.3 Å². The predicted octanol–water partition coefficient (Wildman–Crippen LogP) is 4.59. The predicted molar refractivity (Wildman–Crippen MR) is 155 cm³/mol. The second kappa shape index (κ2) is 15.9. The van der Waals surface area contributed by atoms with Crippen molar-refractivity contribution in [2.24, 2.45) is 5.92 Å². The van der Waals surface area contributed by atoms with Gasteiger partial charge in [-0.3, -0.25) is 4.90 Å². The standard InChI is InChI=1S/C32H43NO9/c1-21(16-17-24-14-11-15-26(18-24)20-39-28(35)22(2)34)27(33(7)31(38)42-32(4,5)6)30(37)41-23(3)29(36)40-19-25-12-9-8-10-13-25/h8-15,18,21-23,27,34H,16-17,19-20H2,1-7H3/t21?,22-,23+,27-/m0/s1. The summed E-state index contributed by atoms with van der Waals surface area (Å²) in [6, 6.07) is 15.5. The summed E-state index contributed by atoms with van der Waals surface area (Å²) in [6.07, 6.45) is -2.07. The number of carbonyl (C=O) groups is 4. The molecule has 0 radical (unpaired) electrons. The molecule has 4 atom stereocenters. The SMILES string of the molecule is CC(CCc1cccc(COC(=O)[C@H](C)O)c1)[C@@H](C(=O)O[C@H](C)C(=O)OCc1ccccc1)N(C)C(=O)OC(C)(C)C. The zero-order chi connectivity index (χ0) is 31.4. The van der Waals surface area contributed by atoms with E-state index in [1.165, 1.54) is 25.8 Å². The van der Waals surface area contributed by atoms with Crippen LogP contribution in [0.1, 0.15) is 64.7 Å². The van der Waals surface area contributed by atoms with Gasteiger partial charge in [0.2, 0.25) is 0 Å². The van der Waals surface area contributed by atoms with Crippen molar-refractivity contribution < 1.29 is 43.2 Å². The van der Waals surface area contributed by atoms with E-state index < -0.39 is 47.9 Å². The first-order valence-electron chi connectivity index (χ1n) is 14.0. The smallest absolute Gasteiger partial charge is 0.410 e. The molecule has 0 spiro atoms. The molecule has 1 amide bonds. The van der Waals surface area contributed by atoms with E-state index in [4.69, 9.17) is 18.9 Å². The fourth-order valence-corrected chi connectivity index (χ4v) is 4.06. The molecule has 42 heavy (non-hydrogen) atoms. The monoisotopic (exact) mass is 585 g/mol. The van der Waals surface area contributed by atoms with Gasteiger partial charge in [-0.05, 0) is 70.1 Å². The normalized spacial score (nSPS) is 14.1. The second-order valence-corrected chi connectivity index (χ2v) is 11.3. The Balaban J connectivity index is 2.11. The van der Waals surface area contributed by atoms with E-state index in [0.29, 0.717) is 12.8 Å². The van der Waals surface area contributed by atoms with Crippen LogP contribution < -0.4 is 0 Å². The zero-order valence-corrected chi connectivity index (χ0v) is 25.5. The molecule has 0 aliphatic heterocycles. The maximum atomic E-state index is 13.4. The van der Waals surface area contributed by atoms with Crippen molar-refractivity contribution in [3.8, 4) is 0 Å². The minimum Gasteiger partial charge on any atom is -0.459 e. The van der Waals surface area contributed by atoms with Crippen molar-refractivity contribution in [3.63, 3.8) is 0 Å². The van der Waals surface area contributed by atoms with Crippen LogP contribution in [-0.2, 0) is 53.0 Å². The van der Waals surface area contributed by atoms with E-state index in [1.54, 1.807) is 26.8 Å². The third-order valence-electron chi connectivity index (χ3n) is 6.33. The van der Waals surface area contributed by atoms with Gasteiger partial charge < -0.3 is 24.1 Å². The van der Waals surface area contributed by atoms with Crippen LogP contribution in [0.15, 0.2) is 54.6 Å². The van der Waals surface area contributed by atoms with E-state index in [0.717, 1.165) is 16.7 Å². The molecule has 230 valence electrons. The number of hydrogen-bond acceptors (Lipinski definition) is 9. The Morgan fingerprint density at radius 2 is 1.38 bits per heavy atom. The molecule has 0 aliphatic carbocycles. The van der Waals surface area contributed by atoms with Gasteiger partial charge in [0.25, 0.3) is 0 Å². The summed E-state index contributed by atoms with van der Waals surface area (Å²) in [5.41, 5.74) is 1.69. The fraction of sp³-hybridized carbons (Fsp3) is 0.500. The number of aliphatic hydroxyl groups excluding tert-OH is 1. The Kier molecular flexibility index (Phi) is 13.0. The van der Waals surface area contributed by atoms with Gasteiger partial charge in [0.15, 0.2) is 6.10 Å². The highest BCUT2D eigenvalue weighted by molar-refractivity contribution is 5.84. The number of hydrogen-bond donors (Lipinski definition) is 1. The summed E-state index contributed by atoms with van der Waals surface area (Å²) >= 11 is 0. The first-order chi connectivity index (χ1) is 19.7. The Morgan fingerprint density at radius 3 is 2.00 bits per heavy atom. The van der Waals surface area contributed by atoms with E-state index in [2.05, 4.69) is 0 Å². The largest absolute Gasteiger partial charge is 0.459 e. The highest BCUT2D eigenvalue weighted by Gasteiger charge is 2.37. The number of nitrogens with zero attached hydrogens (tertiary/aromatic N) is 1. The van der Waals surface area contributed by atoms with Crippen LogP contribution in [0.2, 0.25) is 0 Å². The Bertz CT molecular complexity index is 1190. The molecule has 2 rings (SSSR count). The molecule has 1 N–H and O–H groups in total. The molecule has 2 aromatic rings. The van der Waals surface area contributed by atoms with Crippen molar-refractivity contribution in [1.82, 2.24) is 4.90 Å². The van der Waals surface area contributed by atoms with Gasteiger partial charge in [0.1, 0.15) is 31.0 Å². The Morgan fingerprint density at radius 1 is 0.810 bits per heavy atom. The van der Waals surface area contributed by atoms with Gasteiger partial charge in [-0.1, -0.05) is 61.5 Å². The number of likely N-dealkylation sites (N-methyl/N-ethyl adjacent to an activating group) is 1. The summed E-state index contributed by atoms with van der Waals surface area (Å²) in [6.45, 7) is 9.82. The maximum Gasteiger partial charge on any atom is 0.410 e. The number of ether oxygens (including phenoxy) is 4. The zero-order valence-electron chi connectivity index (χ0n) is 25.5. The third kappa shape index (κ3) is 11.5. The van der Waals surface area contributed by atoms with Gasteiger partial charge >= 0.3 is 24.0 Å². The molecule has 0 aromatic heterocycles. The molecule has 10 nitrogen and oxygen atoms in total. The lowest BCUT2D eigenvalue weighted by atomic mass is 9.93. The molecule has 0 aliphatic rings. The highest BCUT2D eigenvalue weighted by atomic mass is 16.6. The van der Waals surface area contributed by atoms with Crippen molar-refractivity contribution >= 4 is 24.0 Å². The lowest BCUT2D eigenvalue weighted by Gasteiger charge is -2.33. The number of aliphatic hydroxyl groups is 1. The second-order valence-electron chi connectivity index (χ2n) is 11.3. The maximum absolute atomic E-state index is 13.4. The molecule has 10 heteroatoms. The number of rotatable bonds is 13. The Labute approximate surface area is 247 Å². The molecule has 1 unspecified atom stereocenters. The van der Waals surface area contributed by atoms with Crippen molar-refractivity contribution in [2.75, 3.05) is 7.05 Å². The number of benzene rings is 2. The Hall–Kier alpha value is -3.92. The molecule has 0 bridgehead atoms. The topological polar surface area (TPSA) is 129 Å². The lowest BCUT2D eigenvalue weighted by Crippen LogP contribution is -2.50. The third-order valence-corrected chi connectivity index (χ3v) is 6.33. The molecular formula is C32H43NO9. The summed E-state index contributed by atoms with van der Waals surface area (Å²) < 4.78 is 21.4. The minimum absolute atomic E-state index is 0.0156. The van der Waals surface area contributed by atoms with Crippen LogP contribution in [0.5, 0.6) is 0 Å². The van der Waals surface area contributed by atoms with Gasteiger partial charge in [0.05, 0.1) is 0 Å². The lowest BCUT2D eigenvalue weighted by molar-refractivity contribution is -0.171. The molecule has 0 saturated carbocycles. The van der Waals surface area contributed by atoms with Crippen molar-refractivity contribution in [3.05, 3.63) is 71.3 Å². The van der Waals surface area contributed by atoms with Crippen LogP contribution >= 0.6 is 0 Å². The highest BCUT2D eigenvalue weighted by Crippen LogP contribution is 2.22. The van der Waals surface area contributed by atoms with E-state index >= 15 is 0 Å². The first-order valence-corrected chi connectivity index (χ1v) is 14.0. The van der Waals surface area contributed by atoms with Gasteiger partial charge in [-0.2, -0.15) is 0 Å². The first kappa shape index (κ1) is 34.3. The van der Waals surface area contributed by atoms with Crippen LogP contribution in [0.25, 0.3) is 0 Å². The molecule has 2 aromatic carbocycles.